The van der Waals surface area contributed by atoms with Crippen molar-refractivity contribution in [3.05, 3.63) is 75.5 Å². The third kappa shape index (κ3) is 3.06. The number of anilines is 1. The summed E-state index contributed by atoms with van der Waals surface area (Å²) in [5.41, 5.74) is 1.76. The van der Waals surface area contributed by atoms with Crippen molar-refractivity contribution < 1.29 is 4.79 Å². The van der Waals surface area contributed by atoms with Crippen LogP contribution in [0.4, 0.5) is 5.69 Å². The Morgan fingerprint density at radius 1 is 1.00 bits per heavy atom. The van der Waals surface area contributed by atoms with Crippen molar-refractivity contribution in [2.45, 2.75) is 0 Å². The molecule has 1 amide bonds. The third-order valence-electron chi connectivity index (χ3n) is 4.76. The number of rotatable bonds is 2. The molecule has 6 heteroatoms. The van der Waals surface area contributed by atoms with Crippen molar-refractivity contribution in [2.75, 3.05) is 31.1 Å². The molecule has 0 aliphatic carbocycles. The first-order valence-corrected chi connectivity index (χ1v) is 8.91. The van der Waals surface area contributed by atoms with Crippen LogP contribution in [0.1, 0.15) is 10.4 Å². The van der Waals surface area contributed by atoms with E-state index in [-0.39, 0.29) is 16.9 Å². The molecule has 3 aromatic rings. The van der Waals surface area contributed by atoms with Crippen LogP contribution in [-0.2, 0) is 0 Å². The van der Waals surface area contributed by atoms with Gasteiger partial charge in [0.15, 0.2) is 0 Å². The van der Waals surface area contributed by atoms with Gasteiger partial charge in [0, 0.05) is 54.0 Å². The Morgan fingerprint density at radius 2 is 1.77 bits per heavy atom. The van der Waals surface area contributed by atoms with Gasteiger partial charge in [0.2, 0.25) is 5.43 Å². The molecule has 1 aromatic heterocycles. The zero-order chi connectivity index (χ0) is 18.1. The van der Waals surface area contributed by atoms with Gasteiger partial charge in [-0.15, -0.1) is 0 Å². The number of benzene rings is 2. The Labute approximate surface area is 155 Å². The van der Waals surface area contributed by atoms with E-state index in [9.17, 15) is 9.59 Å². The van der Waals surface area contributed by atoms with E-state index in [4.69, 9.17) is 11.6 Å². The highest BCUT2D eigenvalue weighted by Gasteiger charge is 2.24. The largest absolute Gasteiger partial charge is 0.368 e. The molecule has 0 saturated carbocycles. The smallest absolute Gasteiger partial charge is 0.259 e. The van der Waals surface area contributed by atoms with Crippen LogP contribution < -0.4 is 10.3 Å². The van der Waals surface area contributed by atoms with Crippen LogP contribution in [-0.4, -0.2) is 42.0 Å². The molecule has 0 atom stereocenters. The van der Waals surface area contributed by atoms with Crippen molar-refractivity contribution in [2.24, 2.45) is 0 Å². The predicted octanol–water partition coefficient (Wildman–Crippen LogP) is 3.14. The Morgan fingerprint density at radius 3 is 2.54 bits per heavy atom. The number of aromatic nitrogens is 1. The number of aromatic amines is 1. The lowest BCUT2D eigenvalue weighted by Crippen LogP contribution is -2.49. The van der Waals surface area contributed by atoms with Crippen LogP contribution in [0.25, 0.3) is 10.9 Å². The van der Waals surface area contributed by atoms with Crippen LogP contribution in [0, 0.1) is 0 Å². The molecule has 1 fully saturated rings. The average molecular weight is 368 g/mol. The molecule has 132 valence electrons. The second kappa shape index (κ2) is 6.84. The molecule has 1 aliphatic rings. The zero-order valence-electron chi connectivity index (χ0n) is 14.1. The number of nitrogens with one attached hydrogen (secondary N) is 1. The highest BCUT2D eigenvalue weighted by molar-refractivity contribution is 6.30. The normalized spacial score (nSPS) is 14.7. The zero-order valence-corrected chi connectivity index (χ0v) is 14.9. The predicted molar refractivity (Wildman–Crippen MR) is 104 cm³/mol. The molecule has 2 aromatic carbocycles. The number of piperazine rings is 1. The highest BCUT2D eigenvalue weighted by Crippen LogP contribution is 2.21. The molecular weight excluding hydrogens is 350 g/mol. The summed E-state index contributed by atoms with van der Waals surface area (Å²) in [5.74, 6) is -0.220. The summed E-state index contributed by atoms with van der Waals surface area (Å²) in [6, 6.07) is 14.9. The fourth-order valence-corrected chi connectivity index (χ4v) is 3.52. The standard InChI is InChI=1S/C20H18ClN3O2/c21-14-4-3-5-15(12-14)23-8-10-24(11-9-23)20(26)17-13-22-18-7-2-1-6-16(18)19(17)25/h1-7,12-13H,8-11H2,(H,22,25). The van der Waals surface area contributed by atoms with Crippen LogP contribution in [0.2, 0.25) is 5.02 Å². The van der Waals surface area contributed by atoms with Crippen LogP contribution in [0.5, 0.6) is 0 Å². The second-order valence-corrected chi connectivity index (χ2v) is 6.77. The number of H-pyrrole nitrogens is 1. The van der Waals surface area contributed by atoms with Gasteiger partial charge < -0.3 is 14.8 Å². The molecule has 0 radical (unpaired) electrons. The molecule has 4 rings (SSSR count). The fraction of sp³-hybridized carbons (Fsp3) is 0.200. The maximum Gasteiger partial charge on any atom is 0.259 e. The molecular formula is C20H18ClN3O2. The monoisotopic (exact) mass is 367 g/mol. The number of carbonyl (C=O) groups is 1. The maximum absolute atomic E-state index is 12.8. The molecule has 1 aliphatic heterocycles. The summed E-state index contributed by atoms with van der Waals surface area (Å²) in [4.78, 5) is 32.5. The maximum atomic E-state index is 12.8. The van der Waals surface area contributed by atoms with E-state index in [0.29, 0.717) is 36.6 Å². The molecule has 2 heterocycles. The molecule has 1 N–H and O–H groups in total. The van der Waals surface area contributed by atoms with Gasteiger partial charge in [0.1, 0.15) is 5.56 Å². The van der Waals surface area contributed by atoms with Gasteiger partial charge in [-0.25, -0.2) is 0 Å². The lowest BCUT2D eigenvalue weighted by Gasteiger charge is -2.36. The van der Waals surface area contributed by atoms with Gasteiger partial charge in [0.05, 0.1) is 0 Å². The number of para-hydroxylation sites is 1. The number of pyridine rings is 1. The summed E-state index contributed by atoms with van der Waals surface area (Å²) in [5, 5.41) is 1.24. The van der Waals surface area contributed by atoms with E-state index >= 15 is 0 Å². The van der Waals surface area contributed by atoms with Gasteiger partial charge in [-0.2, -0.15) is 0 Å². The van der Waals surface area contributed by atoms with Gasteiger partial charge in [0.25, 0.3) is 5.91 Å². The van der Waals surface area contributed by atoms with E-state index < -0.39 is 0 Å². The minimum atomic E-state index is -0.221. The lowest BCUT2D eigenvalue weighted by atomic mass is 10.1. The van der Waals surface area contributed by atoms with E-state index in [1.807, 2.05) is 36.4 Å². The van der Waals surface area contributed by atoms with E-state index in [0.717, 1.165) is 11.2 Å². The number of carbonyl (C=O) groups excluding carboxylic acids is 1. The summed E-state index contributed by atoms with van der Waals surface area (Å²) in [7, 11) is 0. The number of halogens is 1. The number of fused-ring (bicyclic) bond motifs is 1. The number of amides is 1. The fourth-order valence-electron chi connectivity index (χ4n) is 3.34. The van der Waals surface area contributed by atoms with Crippen molar-refractivity contribution in [3.63, 3.8) is 0 Å². The second-order valence-electron chi connectivity index (χ2n) is 6.34. The minimum Gasteiger partial charge on any atom is -0.368 e. The van der Waals surface area contributed by atoms with E-state index in [2.05, 4.69) is 9.88 Å². The summed E-state index contributed by atoms with van der Waals surface area (Å²) in [6.07, 6.45) is 1.52. The van der Waals surface area contributed by atoms with Crippen LogP contribution in [0.15, 0.2) is 59.5 Å². The Hall–Kier alpha value is -2.79. The van der Waals surface area contributed by atoms with Crippen molar-refractivity contribution >= 4 is 34.1 Å². The Balaban J connectivity index is 1.52. The minimum absolute atomic E-state index is 0.194. The van der Waals surface area contributed by atoms with Gasteiger partial charge in [-0.3, -0.25) is 9.59 Å². The molecule has 0 spiro atoms. The average Bonchev–Trinajstić information content (AvgIpc) is 2.68. The molecule has 0 bridgehead atoms. The summed E-state index contributed by atoms with van der Waals surface area (Å²) < 4.78 is 0. The highest BCUT2D eigenvalue weighted by atomic mass is 35.5. The van der Waals surface area contributed by atoms with Crippen molar-refractivity contribution in [3.8, 4) is 0 Å². The molecule has 1 saturated heterocycles. The number of hydrogen-bond acceptors (Lipinski definition) is 3. The van der Waals surface area contributed by atoms with Gasteiger partial charge >= 0.3 is 0 Å². The first-order chi connectivity index (χ1) is 12.6. The first-order valence-electron chi connectivity index (χ1n) is 8.54. The van der Waals surface area contributed by atoms with Crippen LogP contribution >= 0.6 is 11.6 Å². The van der Waals surface area contributed by atoms with Crippen molar-refractivity contribution in [1.29, 1.82) is 0 Å². The Bertz CT molecular complexity index is 1020. The SMILES string of the molecule is O=C(c1c[nH]c2ccccc2c1=O)N1CCN(c2cccc(Cl)c2)CC1. The quantitative estimate of drug-likeness (QED) is 0.757. The molecule has 5 nitrogen and oxygen atoms in total. The molecule has 26 heavy (non-hydrogen) atoms. The van der Waals surface area contributed by atoms with Crippen molar-refractivity contribution in [1.82, 2.24) is 9.88 Å². The number of nitrogens with zero attached hydrogens (tertiary/aromatic N) is 2. The third-order valence-corrected chi connectivity index (χ3v) is 4.99. The lowest BCUT2D eigenvalue weighted by molar-refractivity contribution is 0.0745. The van der Waals surface area contributed by atoms with Gasteiger partial charge in [-0.05, 0) is 30.3 Å². The summed E-state index contributed by atoms with van der Waals surface area (Å²) in [6.45, 7) is 2.55. The summed E-state index contributed by atoms with van der Waals surface area (Å²) >= 11 is 6.06. The van der Waals surface area contributed by atoms with Gasteiger partial charge in [-0.1, -0.05) is 29.8 Å². The number of hydrogen-bond donors (Lipinski definition) is 1. The first kappa shape index (κ1) is 16.7. The molecule has 0 unspecified atom stereocenters. The Kier molecular flexibility index (Phi) is 4.39. The van der Waals surface area contributed by atoms with E-state index in [1.165, 1.54) is 6.20 Å². The van der Waals surface area contributed by atoms with Crippen LogP contribution in [0.3, 0.4) is 0 Å². The van der Waals surface area contributed by atoms with E-state index in [1.54, 1.807) is 17.0 Å². The topological polar surface area (TPSA) is 56.4 Å².